The van der Waals surface area contributed by atoms with Gasteiger partial charge in [0, 0.05) is 31.2 Å². The third kappa shape index (κ3) is 3.50. The molecule has 0 bridgehead atoms. The Morgan fingerprint density at radius 3 is 2.19 bits per heavy atom. The summed E-state index contributed by atoms with van der Waals surface area (Å²) in [4.78, 5) is 28.5. The lowest BCUT2D eigenvalue weighted by Gasteiger charge is -2.34. The second-order valence-corrected chi connectivity index (χ2v) is 7.34. The monoisotopic (exact) mass is 442 g/mol. The van der Waals surface area contributed by atoms with Crippen LogP contribution in [0, 0.1) is 19.7 Å². The SMILES string of the molecule is Cc1oc(C)c(C(=O)N2CCN(C(=O)c3cc(Cl)ccc3F)CC2)c1Br. The first-order valence-corrected chi connectivity index (χ1v) is 9.25. The van der Waals surface area contributed by atoms with Crippen molar-refractivity contribution in [2.24, 2.45) is 0 Å². The van der Waals surface area contributed by atoms with Gasteiger partial charge in [0.25, 0.3) is 11.8 Å². The van der Waals surface area contributed by atoms with Gasteiger partial charge >= 0.3 is 0 Å². The van der Waals surface area contributed by atoms with Crippen molar-refractivity contribution >= 4 is 39.3 Å². The highest BCUT2D eigenvalue weighted by Crippen LogP contribution is 2.29. The number of halogens is 3. The van der Waals surface area contributed by atoms with Crippen LogP contribution >= 0.6 is 27.5 Å². The van der Waals surface area contributed by atoms with Crippen molar-refractivity contribution in [1.29, 1.82) is 0 Å². The molecule has 0 saturated carbocycles. The van der Waals surface area contributed by atoms with Crippen molar-refractivity contribution in [3.8, 4) is 0 Å². The number of carbonyl (C=O) groups is 2. The Bertz CT molecular complexity index is 876. The molecule has 0 atom stereocenters. The molecule has 1 aliphatic rings. The third-order valence-corrected chi connectivity index (χ3v) is 5.60. The molecule has 0 spiro atoms. The summed E-state index contributed by atoms with van der Waals surface area (Å²) in [5, 5.41) is 0.305. The molecular formula is C18H17BrClFN2O3. The fourth-order valence-electron chi connectivity index (χ4n) is 3.00. The Hall–Kier alpha value is -1.86. The van der Waals surface area contributed by atoms with E-state index in [0.29, 0.717) is 52.8 Å². The number of piperazine rings is 1. The molecule has 0 aliphatic carbocycles. The summed E-state index contributed by atoms with van der Waals surface area (Å²) in [5.74, 6) is 0.0298. The Kier molecular flexibility index (Phi) is 5.39. The van der Waals surface area contributed by atoms with Gasteiger partial charge in [0.15, 0.2) is 0 Å². The predicted molar refractivity (Wildman–Crippen MR) is 99.1 cm³/mol. The van der Waals surface area contributed by atoms with E-state index in [1.165, 1.54) is 23.1 Å². The first-order valence-electron chi connectivity index (χ1n) is 8.08. The molecule has 1 aromatic carbocycles. The minimum atomic E-state index is -0.605. The first-order chi connectivity index (χ1) is 12.3. The van der Waals surface area contributed by atoms with Crippen LogP contribution in [0.4, 0.5) is 4.39 Å². The fourth-order valence-corrected chi connectivity index (χ4v) is 3.70. The van der Waals surface area contributed by atoms with Crippen LogP contribution < -0.4 is 0 Å². The molecule has 0 unspecified atom stereocenters. The lowest BCUT2D eigenvalue weighted by Crippen LogP contribution is -2.50. The molecular weight excluding hydrogens is 427 g/mol. The van der Waals surface area contributed by atoms with Crippen molar-refractivity contribution < 1.29 is 18.4 Å². The molecule has 5 nitrogen and oxygen atoms in total. The van der Waals surface area contributed by atoms with E-state index in [9.17, 15) is 14.0 Å². The molecule has 2 heterocycles. The van der Waals surface area contributed by atoms with Crippen LogP contribution in [-0.2, 0) is 0 Å². The van der Waals surface area contributed by atoms with E-state index in [4.69, 9.17) is 16.0 Å². The highest BCUT2D eigenvalue weighted by Gasteiger charge is 2.30. The number of benzene rings is 1. The molecule has 0 N–H and O–H groups in total. The Labute approximate surface area is 163 Å². The van der Waals surface area contributed by atoms with Gasteiger partial charge in [0.2, 0.25) is 0 Å². The number of rotatable bonds is 2. The number of nitrogens with zero attached hydrogens (tertiary/aromatic N) is 2. The minimum absolute atomic E-state index is 0.0543. The molecule has 1 aromatic heterocycles. The number of hydrogen-bond donors (Lipinski definition) is 0. The van der Waals surface area contributed by atoms with Crippen LogP contribution in [0.2, 0.25) is 5.02 Å². The Balaban J connectivity index is 1.70. The second-order valence-electron chi connectivity index (χ2n) is 6.11. The lowest BCUT2D eigenvalue weighted by molar-refractivity contribution is 0.0531. The van der Waals surface area contributed by atoms with E-state index in [0.717, 1.165) is 0 Å². The van der Waals surface area contributed by atoms with Crippen LogP contribution in [0.3, 0.4) is 0 Å². The summed E-state index contributed by atoms with van der Waals surface area (Å²) >= 11 is 9.25. The normalized spacial score (nSPS) is 14.7. The van der Waals surface area contributed by atoms with Gasteiger partial charge in [0.05, 0.1) is 15.6 Å². The molecule has 26 heavy (non-hydrogen) atoms. The maximum Gasteiger partial charge on any atom is 0.258 e. The maximum absolute atomic E-state index is 13.9. The number of amides is 2. The van der Waals surface area contributed by atoms with E-state index >= 15 is 0 Å². The summed E-state index contributed by atoms with van der Waals surface area (Å²) in [6, 6.07) is 3.90. The molecule has 1 saturated heterocycles. The highest BCUT2D eigenvalue weighted by atomic mass is 79.9. The largest absolute Gasteiger partial charge is 0.465 e. The number of furan rings is 1. The van der Waals surface area contributed by atoms with Gasteiger partial charge in [-0.3, -0.25) is 9.59 Å². The molecule has 1 aliphatic heterocycles. The van der Waals surface area contributed by atoms with Gasteiger partial charge in [-0.15, -0.1) is 0 Å². The van der Waals surface area contributed by atoms with Crippen molar-refractivity contribution in [1.82, 2.24) is 9.80 Å². The van der Waals surface area contributed by atoms with E-state index in [1.54, 1.807) is 18.7 Å². The van der Waals surface area contributed by atoms with Gasteiger partial charge in [-0.2, -0.15) is 0 Å². The Morgan fingerprint density at radius 2 is 1.65 bits per heavy atom. The zero-order valence-corrected chi connectivity index (χ0v) is 16.7. The van der Waals surface area contributed by atoms with Crippen LogP contribution in [0.5, 0.6) is 0 Å². The van der Waals surface area contributed by atoms with Gasteiger partial charge < -0.3 is 14.2 Å². The molecule has 138 valence electrons. The summed E-state index contributed by atoms with van der Waals surface area (Å²) in [6.45, 7) is 4.90. The summed E-state index contributed by atoms with van der Waals surface area (Å²) in [6.07, 6.45) is 0. The summed E-state index contributed by atoms with van der Waals surface area (Å²) in [7, 11) is 0. The first kappa shape index (κ1) is 18.9. The summed E-state index contributed by atoms with van der Waals surface area (Å²) in [5.41, 5.74) is 0.449. The smallest absolute Gasteiger partial charge is 0.258 e. The average Bonchev–Trinajstić information content (AvgIpc) is 2.88. The van der Waals surface area contributed by atoms with Crippen molar-refractivity contribution in [2.45, 2.75) is 13.8 Å². The molecule has 0 radical (unpaired) electrons. The predicted octanol–water partition coefficient (Wildman–Crippen LogP) is 4.05. The van der Waals surface area contributed by atoms with Crippen molar-refractivity contribution in [3.63, 3.8) is 0 Å². The van der Waals surface area contributed by atoms with Gasteiger partial charge in [-0.05, 0) is 48.0 Å². The van der Waals surface area contributed by atoms with Crippen molar-refractivity contribution in [2.75, 3.05) is 26.2 Å². The minimum Gasteiger partial charge on any atom is -0.465 e. The highest BCUT2D eigenvalue weighted by molar-refractivity contribution is 9.10. The standard InChI is InChI=1S/C18H17BrClFN2O3/c1-10-15(16(19)11(2)26-10)18(25)23-7-5-22(6-8-23)17(24)13-9-12(20)3-4-14(13)21/h3-4,9H,5-8H2,1-2H3. The molecule has 3 rings (SSSR count). The van der Waals surface area contributed by atoms with Crippen LogP contribution in [0.1, 0.15) is 32.2 Å². The van der Waals surface area contributed by atoms with E-state index in [-0.39, 0.29) is 11.5 Å². The van der Waals surface area contributed by atoms with Crippen LogP contribution in [0.25, 0.3) is 0 Å². The Morgan fingerprint density at radius 1 is 1.08 bits per heavy atom. The molecule has 8 heteroatoms. The van der Waals surface area contributed by atoms with E-state index in [1.807, 2.05) is 0 Å². The fraction of sp³-hybridized carbons (Fsp3) is 0.333. The zero-order valence-electron chi connectivity index (χ0n) is 14.3. The number of carbonyl (C=O) groups excluding carboxylic acids is 2. The quantitative estimate of drug-likeness (QED) is 0.704. The van der Waals surface area contributed by atoms with E-state index < -0.39 is 11.7 Å². The number of aryl methyl sites for hydroxylation is 2. The molecule has 2 aromatic rings. The number of hydrogen-bond acceptors (Lipinski definition) is 3. The van der Waals surface area contributed by atoms with Crippen LogP contribution in [0.15, 0.2) is 27.1 Å². The maximum atomic E-state index is 13.9. The molecule has 1 fully saturated rings. The zero-order chi connectivity index (χ0) is 19.0. The third-order valence-electron chi connectivity index (χ3n) is 4.41. The average molecular weight is 444 g/mol. The topological polar surface area (TPSA) is 53.8 Å². The lowest BCUT2D eigenvalue weighted by atomic mass is 10.1. The van der Waals surface area contributed by atoms with Crippen molar-refractivity contribution in [3.05, 3.63) is 56.2 Å². The van der Waals surface area contributed by atoms with Gasteiger partial charge in [0.1, 0.15) is 17.3 Å². The molecule has 2 amide bonds. The van der Waals surface area contributed by atoms with Gasteiger partial charge in [-0.1, -0.05) is 11.6 Å². The van der Waals surface area contributed by atoms with E-state index in [2.05, 4.69) is 15.9 Å². The summed E-state index contributed by atoms with van der Waals surface area (Å²) < 4.78 is 20.0. The second kappa shape index (κ2) is 7.40. The van der Waals surface area contributed by atoms with Crippen LogP contribution in [-0.4, -0.2) is 47.8 Å². The van der Waals surface area contributed by atoms with Gasteiger partial charge in [-0.25, -0.2) is 4.39 Å².